The van der Waals surface area contributed by atoms with E-state index >= 15 is 0 Å². The molecule has 0 radical (unpaired) electrons. The number of rotatable bonds is 1. The molecule has 2 heteroatoms. The summed E-state index contributed by atoms with van der Waals surface area (Å²) in [5, 5.41) is 1.23. The van der Waals surface area contributed by atoms with Gasteiger partial charge in [0.25, 0.3) is 0 Å². The molecular formula is C15H12FN. The van der Waals surface area contributed by atoms with E-state index in [-0.39, 0.29) is 5.82 Å². The van der Waals surface area contributed by atoms with Crippen LogP contribution < -0.4 is 0 Å². The number of benzene rings is 2. The van der Waals surface area contributed by atoms with Crippen molar-refractivity contribution in [2.24, 2.45) is 0 Å². The zero-order valence-electron chi connectivity index (χ0n) is 9.50. The summed E-state index contributed by atoms with van der Waals surface area (Å²) < 4.78 is 12.9. The predicted octanol–water partition coefficient (Wildman–Crippen LogP) is 4.28. The lowest BCUT2D eigenvalue weighted by molar-refractivity contribution is 0.628. The maximum atomic E-state index is 12.9. The highest BCUT2D eigenvalue weighted by molar-refractivity contribution is 5.87. The van der Waals surface area contributed by atoms with Crippen LogP contribution in [0.25, 0.3) is 22.0 Å². The van der Waals surface area contributed by atoms with Gasteiger partial charge in [-0.05, 0) is 41.8 Å². The molecule has 0 unspecified atom stereocenters. The zero-order valence-corrected chi connectivity index (χ0v) is 9.50. The van der Waals surface area contributed by atoms with Crippen molar-refractivity contribution in [2.75, 3.05) is 0 Å². The first-order chi connectivity index (χ1) is 8.24. The van der Waals surface area contributed by atoms with Crippen LogP contribution in [0.3, 0.4) is 0 Å². The summed E-state index contributed by atoms with van der Waals surface area (Å²) in [7, 11) is 0. The molecule has 0 saturated heterocycles. The van der Waals surface area contributed by atoms with Gasteiger partial charge in [0, 0.05) is 17.1 Å². The Morgan fingerprint density at radius 2 is 1.65 bits per heavy atom. The second-order valence-electron chi connectivity index (χ2n) is 4.24. The fraction of sp³-hybridized carbons (Fsp3) is 0.0667. The van der Waals surface area contributed by atoms with Crippen LogP contribution in [0.2, 0.25) is 0 Å². The van der Waals surface area contributed by atoms with Crippen LogP contribution in [-0.4, -0.2) is 4.98 Å². The average molecular weight is 225 g/mol. The van der Waals surface area contributed by atoms with Crippen molar-refractivity contribution in [1.29, 1.82) is 0 Å². The Bertz CT molecular complexity index is 665. The molecule has 17 heavy (non-hydrogen) atoms. The van der Waals surface area contributed by atoms with Gasteiger partial charge in [0.2, 0.25) is 0 Å². The van der Waals surface area contributed by atoms with Crippen molar-refractivity contribution < 1.29 is 4.39 Å². The number of halogens is 1. The first-order valence-corrected chi connectivity index (χ1v) is 5.58. The Hall–Kier alpha value is -2.09. The molecule has 3 aromatic rings. The third-order valence-corrected chi connectivity index (χ3v) is 3.07. The molecule has 0 amide bonds. The molecule has 84 valence electrons. The molecule has 2 aromatic carbocycles. The topological polar surface area (TPSA) is 15.8 Å². The van der Waals surface area contributed by atoms with E-state index in [2.05, 4.69) is 30.1 Å². The largest absolute Gasteiger partial charge is 0.361 e. The average Bonchev–Trinajstić information content (AvgIpc) is 2.72. The lowest BCUT2D eigenvalue weighted by Crippen LogP contribution is -1.79. The Morgan fingerprint density at radius 3 is 2.41 bits per heavy atom. The summed E-state index contributed by atoms with van der Waals surface area (Å²) in [4.78, 5) is 3.24. The first-order valence-electron chi connectivity index (χ1n) is 5.58. The van der Waals surface area contributed by atoms with Crippen molar-refractivity contribution in [3.63, 3.8) is 0 Å². The van der Waals surface area contributed by atoms with Crippen LogP contribution >= 0.6 is 0 Å². The number of nitrogens with one attached hydrogen (secondary N) is 1. The molecule has 0 aliphatic carbocycles. The van der Waals surface area contributed by atoms with Crippen LogP contribution in [0, 0.1) is 12.7 Å². The van der Waals surface area contributed by atoms with Crippen molar-refractivity contribution >= 4 is 10.9 Å². The molecule has 0 saturated carbocycles. The summed E-state index contributed by atoms with van der Waals surface area (Å²) in [6.45, 7) is 2.08. The van der Waals surface area contributed by atoms with Gasteiger partial charge in [-0.15, -0.1) is 0 Å². The van der Waals surface area contributed by atoms with Gasteiger partial charge >= 0.3 is 0 Å². The summed E-state index contributed by atoms with van der Waals surface area (Å²) in [6, 6.07) is 12.8. The highest BCUT2D eigenvalue weighted by Gasteiger charge is 2.02. The Morgan fingerprint density at radius 1 is 0.941 bits per heavy atom. The molecule has 1 heterocycles. The highest BCUT2D eigenvalue weighted by Crippen LogP contribution is 2.25. The van der Waals surface area contributed by atoms with Gasteiger partial charge in [-0.25, -0.2) is 4.39 Å². The summed E-state index contributed by atoms with van der Waals surface area (Å²) in [6.07, 6.45) is 2.00. The SMILES string of the molecule is Cc1c[nH]c2cc(-c3ccc(F)cc3)ccc12. The van der Waals surface area contributed by atoms with Gasteiger partial charge < -0.3 is 4.98 Å². The number of hydrogen-bond donors (Lipinski definition) is 1. The van der Waals surface area contributed by atoms with E-state index in [4.69, 9.17) is 0 Å². The fourth-order valence-electron chi connectivity index (χ4n) is 2.09. The Kier molecular flexibility index (Phi) is 2.22. The van der Waals surface area contributed by atoms with Gasteiger partial charge in [-0.2, -0.15) is 0 Å². The molecule has 0 spiro atoms. The van der Waals surface area contributed by atoms with Crippen LogP contribution in [0.4, 0.5) is 4.39 Å². The highest BCUT2D eigenvalue weighted by atomic mass is 19.1. The molecule has 1 aromatic heterocycles. The minimum Gasteiger partial charge on any atom is -0.361 e. The molecule has 0 fully saturated rings. The molecule has 1 nitrogen and oxygen atoms in total. The Labute approximate surface area is 98.9 Å². The maximum absolute atomic E-state index is 12.9. The number of aromatic nitrogens is 1. The molecule has 0 aliphatic heterocycles. The van der Waals surface area contributed by atoms with Crippen molar-refractivity contribution in [3.05, 3.63) is 60.0 Å². The molecule has 1 N–H and O–H groups in total. The number of aromatic amines is 1. The standard InChI is InChI=1S/C15H12FN/c1-10-9-17-15-8-12(4-7-14(10)15)11-2-5-13(16)6-3-11/h2-9,17H,1H3. The predicted molar refractivity (Wildman–Crippen MR) is 68.4 cm³/mol. The molecule has 0 atom stereocenters. The Balaban J connectivity index is 2.14. The third kappa shape index (κ3) is 1.72. The van der Waals surface area contributed by atoms with E-state index < -0.39 is 0 Å². The van der Waals surface area contributed by atoms with Crippen molar-refractivity contribution in [3.8, 4) is 11.1 Å². The van der Waals surface area contributed by atoms with Gasteiger partial charge in [0.15, 0.2) is 0 Å². The van der Waals surface area contributed by atoms with E-state index in [0.29, 0.717) is 0 Å². The van der Waals surface area contributed by atoms with Crippen molar-refractivity contribution in [2.45, 2.75) is 6.92 Å². The van der Waals surface area contributed by atoms with E-state index in [9.17, 15) is 4.39 Å². The molecule has 3 rings (SSSR count). The third-order valence-electron chi connectivity index (χ3n) is 3.07. The zero-order chi connectivity index (χ0) is 11.8. The molecular weight excluding hydrogens is 213 g/mol. The van der Waals surface area contributed by atoms with Crippen molar-refractivity contribution in [1.82, 2.24) is 4.98 Å². The summed E-state index contributed by atoms with van der Waals surface area (Å²) in [5.74, 6) is -0.203. The monoisotopic (exact) mass is 225 g/mol. The number of hydrogen-bond acceptors (Lipinski definition) is 0. The minimum absolute atomic E-state index is 0.203. The van der Waals surface area contributed by atoms with E-state index in [0.717, 1.165) is 16.6 Å². The van der Waals surface area contributed by atoms with E-state index in [1.54, 1.807) is 12.1 Å². The van der Waals surface area contributed by atoms with E-state index in [1.807, 2.05) is 6.20 Å². The van der Waals surface area contributed by atoms with Gasteiger partial charge in [0.05, 0.1) is 0 Å². The molecule has 0 aliphatic rings. The lowest BCUT2D eigenvalue weighted by Gasteiger charge is -2.02. The van der Waals surface area contributed by atoms with Crippen LogP contribution in [-0.2, 0) is 0 Å². The van der Waals surface area contributed by atoms with Gasteiger partial charge in [-0.3, -0.25) is 0 Å². The summed E-state index contributed by atoms with van der Waals surface area (Å²) in [5.41, 5.74) is 4.48. The number of H-pyrrole nitrogens is 1. The lowest BCUT2D eigenvalue weighted by atomic mass is 10.0. The van der Waals surface area contributed by atoms with Crippen LogP contribution in [0.15, 0.2) is 48.7 Å². The molecule has 0 bridgehead atoms. The second kappa shape index (κ2) is 3.74. The smallest absolute Gasteiger partial charge is 0.123 e. The number of aryl methyl sites for hydroxylation is 1. The minimum atomic E-state index is -0.203. The normalized spacial score (nSPS) is 10.9. The second-order valence-corrected chi connectivity index (χ2v) is 4.24. The summed E-state index contributed by atoms with van der Waals surface area (Å²) >= 11 is 0. The quantitative estimate of drug-likeness (QED) is 0.636. The van der Waals surface area contributed by atoms with Gasteiger partial charge in [-0.1, -0.05) is 24.3 Å². The fourth-order valence-corrected chi connectivity index (χ4v) is 2.09. The number of fused-ring (bicyclic) bond motifs is 1. The van der Waals surface area contributed by atoms with E-state index in [1.165, 1.54) is 23.1 Å². The van der Waals surface area contributed by atoms with Gasteiger partial charge in [0.1, 0.15) is 5.82 Å². The van der Waals surface area contributed by atoms with Crippen LogP contribution in [0.5, 0.6) is 0 Å². The first kappa shape index (κ1) is 10.1. The maximum Gasteiger partial charge on any atom is 0.123 e. The van der Waals surface area contributed by atoms with Crippen LogP contribution in [0.1, 0.15) is 5.56 Å².